The first-order chi connectivity index (χ1) is 12.5. The standard InChI is InChI=1S/C20H35N5O/c1-4-16(25-17-8-6-5-7-9-17)12-13-22-20-18(11-10-14(2)23-20)19(21)24-15(3)26/h10-11,15-17,25-26H,4-9,12-13H2,1-3H3,(H2,21,24)(H,22,23). The van der Waals surface area contributed by atoms with E-state index in [1.165, 1.54) is 32.1 Å². The van der Waals surface area contributed by atoms with E-state index in [2.05, 4.69) is 27.5 Å². The number of amidine groups is 1. The number of aryl methyl sites for hydroxylation is 1. The number of aliphatic hydroxyl groups excluding tert-OH is 1. The van der Waals surface area contributed by atoms with Gasteiger partial charge in [0.15, 0.2) is 0 Å². The molecule has 0 aliphatic heterocycles. The van der Waals surface area contributed by atoms with E-state index >= 15 is 0 Å². The first-order valence-electron chi connectivity index (χ1n) is 9.98. The largest absolute Gasteiger partial charge is 0.383 e. The summed E-state index contributed by atoms with van der Waals surface area (Å²) in [5.41, 5.74) is 7.69. The Hall–Kier alpha value is -1.66. The van der Waals surface area contributed by atoms with Gasteiger partial charge in [-0.05, 0) is 51.7 Å². The first-order valence-corrected chi connectivity index (χ1v) is 9.98. The Kier molecular flexibility index (Phi) is 8.32. The maximum absolute atomic E-state index is 9.45. The fourth-order valence-electron chi connectivity index (χ4n) is 3.54. The van der Waals surface area contributed by atoms with Crippen LogP contribution in [0.2, 0.25) is 0 Å². The van der Waals surface area contributed by atoms with Crippen LogP contribution in [0.1, 0.15) is 70.1 Å². The molecule has 1 aromatic rings. The van der Waals surface area contributed by atoms with Crippen molar-refractivity contribution in [3.8, 4) is 0 Å². The fraction of sp³-hybridized carbons (Fsp3) is 0.700. The number of nitrogens with two attached hydrogens (primary N) is 1. The summed E-state index contributed by atoms with van der Waals surface area (Å²) in [6.07, 6.45) is 8.03. The number of anilines is 1. The molecule has 26 heavy (non-hydrogen) atoms. The molecule has 0 spiro atoms. The fourth-order valence-corrected chi connectivity index (χ4v) is 3.54. The van der Waals surface area contributed by atoms with E-state index in [1.54, 1.807) is 6.92 Å². The third-order valence-electron chi connectivity index (χ3n) is 4.99. The van der Waals surface area contributed by atoms with E-state index in [9.17, 15) is 5.11 Å². The van der Waals surface area contributed by atoms with E-state index in [-0.39, 0.29) is 0 Å². The predicted octanol–water partition coefficient (Wildman–Crippen LogP) is 2.94. The van der Waals surface area contributed by atoms with Gasteiger partial charge in [-0.25, -0.2) is 9.98 Å². The second-order valence-corrected chi connectivity index (χ2v) is 7.32. The summed E-state index contributed by atoms with van der Waals surface area (Å²) < 4.78 is 0. The summed E-state index contributed by atoms with van der Waals surface area (Å²) in [4.78, 5) is 8.60. The number of rotatable bonds is 9. The lowest BCUT2D eigenvalue weighted by atomic mass is 9.94. The van der Waals surface area contributed by atoms with Crippen molar-refractivity contribution in [2.45, 2.75) is 84.0 Å². The van der Waals surface area contributed by atoms with E-state index in [0.29, 0.717) is 17.9 Å². The molecule has 2 atom stereocenters. The molecule has 1 aliphatic rings. The van der Waals surface area contributed by atoms with Crippen molar-refractivity contribution in [2.24, 2.45) is 10.7 Å². The molecule has 1 heterocycles. The highest BCUT2D eigenvalue weighted by Crippen LogP contribution is 2.19. The Morgan fingerprint density at radius 2 is 2.08 bits per heavy atom. The molecular formula is C20H35N5O. The van der Waals surface area contributed by atoms with Crippen LogP contribution >= 0.6 is 0 Å². The molecule has 0 bridgehead atoms. The lowest BCUT2D eigenvalue weighted by Gasteiger charge is -2.28. The van der Waals surface area contributed by atoms with E-state index < -0.39 is 6.23 Å². The topological polar surface area (TPSA) is 95.6 Å². The first kappa shape index (κ1) is 20.6. The number of aliphatic imine (C=N–C) groups is 1. The van der Waals surface area contributed by atoms with Crippen LogP contribution in [0.5, 0.6) is 0 Å². The zero-order valence-corrected chi connectivity index (χ0v) is 16.5. The maximum Gasteiger partial charge on any atom is 0.144 e. The number of hydrogen-bond acceptors (Lipinski definition) is 5. The van der Waals surface area contributed by atoms with Gasteiger partial charge < -0.3 is 21.5 Å². The van der Waals surface area contributed by atoms with Gasteiger partial charge in [0.05, 0.1) is 5.56 Å². The van der Waals surface area contributed by atoms with Crippen molar-refractivity contribution in [1.82, 2.24) is 10.3 Å². The molecule has 0 radical (unpaired) electrons. The summed E-state index contributed by atoms with van der Waals surface area (Å²) >= 11 is 0. The molecule has 1 saturated carbocycles. The van der Waals surface area contributed by atoms with Crippen molar-refractivity contribution in [2.75, 3.05) is 11.9 Å². The third kappa shape index (κ3) is 6.57. The van der Waals surface area contributed by atoms with Crippen LogP contribution in [0.25, 0.3) is 0 Å². The molecule has 2 rings (SSSR count). The molecule has 1 aromatic heterocycles. The van der Waals surface area contributed by atoms with Crippen LogP contribution in [0.3, 0.4) is 0 Å². The zero-order chi connectivity index (χ0) is 18.9. The maximum atomic E-state index is 9.45. The Balaban J connectivity index is 1.94. The Morgan fingerprint density at radius 3 is 2.73 bits per heavy atom. The van der Waals surface area contributed by atoms with Crippen LogP contribution < -0.4 is 16.4 Å². The molecule has 0 aromatic carbocycles. The Bertz CT molecular complexity index is 582. The number of pyridine rings is 1. The molecule has 146 valence electrons. The highest BCUT2D eigenvalue weighted by molar-refractivity contribution is 6.01. The van der Waals surface area contributed by atoms with Gasteiger partial charge in [-0.3, -0.25) is 0 Å². The molecule has 2 unspecified atom stereocenters. The van der Waals surface area contributed by atoms with Crippen LogP contribution in [-0.4, -0.2) is 40.8 Å². The molecule has 0 saturated heterocycles. The highest BCUT2D eigenvalue weighted by atomic mass is 16.3. The predicted molar refractivity (Wildman–Crippen MR) is 109 cm³/mol. The number of hydrogen-bond donors (Lipinski definition) is 4. The van der Waals surface area contributed by atoms with Crippen molar-refractivity contribution >= 4 is 11.7 Å². The molecule has 6 nitrogen and oxygen atoms in total. The summed E-state index contributed by atoms with van der Waals surface area (Å²) in [7, 11) is 0. The van der Waals surface area contributed by atoms with Crippen LogP contribution in [0.15, 0.2) is 17.1 Å². The van der Waals surface area contributed by atoms with Gasteiger partial charge >= 0.3 is 0 Å². The SMILES string of the molecule is CCC(CCNc1nc(C)ccc1C(N)=NC(C)O)NC1CCCCC1. The van der Waals surface area contributed by atoms with Gasteiger partial charge in [-0.1, -0.05) is 26.2 Å². The van der Waals surface area contributed by atoms with Crippen LogP contribution in [-0.2, 0) is 0 Å². The number of nitrogens with zero attached hydrogens (tertiary/aromatic N) is 2. The summed E-state index contributed by atoms with van der Waals surface area (Å²) in [5, 5.41) is 16.7. The summed E-state index contributed by atoms with van der Waals surface area (Å²) in [6, 6.07) is 5.01. The number of aromatic nitrogens is 1. The second kappa shape index (κ2) is 10.5. The van der Waals surface area contributed by atoms with Crippen molar-refractivity contribution in [3.05, 3.63) is 23.4 Å². The lowest BCUT2D eigenvalue weighted by Crippen LogP contribution is -2.40. The normalized spacial score (nSPS) is 18.5. The Labute approximate surface area is 157 Å². The molecule has 5 N–H and O–H groups in total. The average molecular weight is 362 g/mol. The van der Waals surface area contributed by atoms with Crippen LogP contribution in [0, 0.1) is 6.92 Å². The smallest absolute Gasteiger partial charge is 0.144 e. The third-order valence-corrected chi connectivity index (χ3v) is 4.99. The molecule has 1 fully saturated rings. The average Bonchev–Trinajstić information content (AvgIpc) is 2.61. The van der Waals surface area contributed by atoms with Gasteiger partial charge in [0, 0.05) is 24.3 Å². The quantitative estimate of drug-likeness (QED) is 0.401. The van der Waals surface area contributed by atoms with Crippen LogP contribution in [0.4, 0.5) is 5.82 Å². The second-order valence-electron chi connectivity index (χ2n) is 7.32. The molecule has 1 aliphatic carbocycles. The molecular weight excluding hydrogens is 326 g/mol. The minimum atomic E-state index is -0.826. The Morgan fingerprint density at radius 1 is 1.35 bits per heavy atom. The van der Waals surface area contributed by atoms with Gasteiger partial charge in [-0.2, -0.15) is 0 Å². The molecule has 0 amide bonds. The minimum Gasteiger partial charge on any atom is -0.383 e. The summed E-state index contributed by atoms with van der Waals surface area (Å²) in [5.74, 6) is 1.04. The number of nitrogens with one attached hydrogen (secondary N) is 2. The van der Waals surface area contributed by atoms with Gasteiger partial charge in [0.1, 0.15) is 17.9 Å². The van der Waals surface area contributed by atoms with Crippen molar-refractivity contribution < 1.29 is 5.11 Å². The monoisotopic (exact) mass is 361 g/mol. The zero-order valence-electron chi connectivity index (χ0n) is 16.5. The van der Waals surface area contributed by atoms with Gasteiger partial charge in [0.25, 0.3) is 0 Å². The molecule has 6 heteroatoms. The van der Waals surface area contributed by atoms with Gasteiger partial charge in [0.2, 0.25) is 0 Å². The number of aliphatic hydroxyl groups is 1. The minimum absolute atomic E-state index is 0.308. The van der Waals surface area contributed by atoms with E-state index in [0.717, 1.165) is 36.5 Å². The van der Waals surface area contributed by atoms with Crippen molar-refractivity contribution in [1.29, 1.82) is 0 Å². The lowest BCUT2D eigenvalue weighted by molar-refractivity contribution is 0.205. The van der Waals surface area contributed by atoms with E-state index in [1.807, 2.05) is 19.1 Å². The van der Waals surface area contributed by atoms with Crippen molar-refractivity contribution in [3.63, 3.8) is 0 Å². The summed E-state index contributed by atoms with van der Waals surface area (Å²) in [6.45, 7) is 6.61. The van der Waals surface area contributed by atoms with E-state index in [4.69, 9.17) is 5.73 Å². The highest BCUT2D eigenvalue weighted by Gasteiger charge is 2.17. The van der Waals surface area contributed by atoms with Gasteiger partial charge in [-0.15, -0.1) is 0 Å².